The average Bonchev–Trinajstić information content (AvgIpc) is 3.27. The molecule has 7 heteroatoms. The number of nitrogens with one attached hydrogen (secondary N) is 2. The molecule has 2 N–H and O–H groups in total. The standard InChI is InChI=1S/C21H25N5O2/c1-12-7-5-8-14-16(12)24-17(23-14)15-9-6-10-26(15)19(28)13-11-22-20(21(2,3)4)25-18(13)27/h5,7-8,11,15H,6,9-10H2,1-4H3,(H,23,24)(H,22,25,27). The number of benzene rings is 1. The molecule has 28 heavy (non-hydrogen) atoms. The molecule has 0 aliphatic carbocycles. The fraction of sp³-hybridized carbons (Fsp3) is 0.429. The SMILES string of the molecule is Cc1cccc2[nH]c(C3CCCN3C(=O)c3cnc(C(C)(C)C)[nH]c3=O)nc12. The van der Waals surface area contributed by atoms with Crippen molar-refractivity contribution >= 4 is 16.9 Å². The molecule has 0 bridgehead atoms. The molecule has 3 heterocycles. The minimum Gasteiger partial charge on any atom is -0.340 e. The summed E-state index contributed by atoms with van der Waals surface area (Å²) in [6, 6.07) is 5.83. The predicted octanol–water partition coefficient (Wildman–Crippen LogP) is 3.23. The van der Waals surface area contributed by atoms with Gasteiger partial charge in [0.1, 0.15) is 17.2 Å². The third kappa shape index (κ3) is 3.10. The van der Waals surface area contributed by atoms with Gasteiger partial charge in [-0.2, -0.15) is 0 Å². The topological polar surface area (TPSA) is 94.7 Å². The molecule has 1 fully saturated rings. The summed E-state index contributed by atoms with van der Waals surface area (Å²) >= 11 is 0. The van der Waals surface area contributed by atoms with Crippen molar-refractivity contribution in [3.63, 3.8) is 0 Å². The lowest BCUT2D eigenvalue weighted by molar-refractivity contribution is 0.0728. The van der Waals surface area contributed by atoms with E-state index in [4.69, 9.17) is 4.98 Å². The number of carbonyl (C=O) groups excluding carboxylic acids is 1. The van der Waals surface area contributed by atoms with E-state index < -0.39 is 5.56 Å². The van der Waals surface area contributed by atoms with Gasteiger partial charge >= 0.3 is 0 Å². The third-order valence-corrected chi connectivity index (χ3v) is 5.30. The highest BCUT2D eigenvalue weighted by molar-refractivity contribution is 5.94. The Morgan fingerprint density at radius 3 is 2.71 bits per heavy atom. The van der Waals surface area contributed by atoms with Crippen LogP contribution in [0.4, 0.5) is 0 Å². The van der Waals surface area contributed by atoms with Crippen LogP contribution in [0.15, 0.2) is 29.2 Å². The van der Waals surface area contributed by atoms with Gasteiger partial charge in [0, 0.05) is 18.2 Å². The second-order valence-corrected chi connectivity index (χ2v) is 8.47. The average molecular weight is 379 g/mol. The number of para-hydroxylation sites is 1. The van der Waals surface area contributed by atoms with Gasteiger partial charge in [-0.05, 0) is 31.4 Å². The first-order valence-corrected chi connectivity index (χ1v) is 9.61. The van der Waals surface area contributed by atoms with Gasteiger partial charge in [0.2, 0.25) is 0 Å². The van der Waals surface area contributed by atoms with Crippen molar-refractivity contribution in [1.29, 1.82) is 0 Å². The molecule has 146 valence electrons. The Labute approximate surface area is 163 Å². The fourth-order valence-corrected chi connectivity index (χ4v) is 3.73. The number of hydrogen-bond donors (Lipinski definition) is 2. The van der Waals surface area contributed by atoms with Crippen molar-refractivity contribution in [2.75, 3.05) is 6.54 Å². The maximum Gasteiger partial charge on any atom is 0.263 e. The molecule has 7 nitrogen and oxygen atoms in total. The van der Waals surface area contributed by atoms with E-state index in [1.807, 2.05) is 45.9 Å². The van der Waals surface area contributed by atoms with Gasteiger partial charge in [-0.3, -0.25) is 9.59 Å². The number of H-pyrrole nitrogens is 2. The van der Waals surface area contributed by atoms with Crippen LogP contribution >= 0.6 is 0 Å². The number of nitrogens with zero attached hydrogens (tertiary/aromatic N) is 3. The Hall–Kier alpha value is -2.96. The molecule has 1 saturated heterocycles. The summed E-state index contributed by atoms with van der Waals surface area (Å²) in [5.74, 6) is 1.04. The molecule has 1 atom stereocenters. The Balaban J connectivity index is 1.67. The number of imidazole rings is 1. The van der Waals surface area contributed by atoms with Crippen LogP contribution < -0.4 is 5.56 Å². The van der Waals surface area contributed by atoms with E-state index in [1.54, 1.807) is 4.90 Å². The zero-order valence-corrected chi connectivity index (χ0v) is 16.7. The van der Waals surface area contributed by atoms with Gasteiger partial charge in [0.15, 0.2) is 0 Å². The number of aromatic amines is 2. The van der Waals surface area contributed by atoms with Crippen LogP contribution in [0.1, 0.15) is 67.2 Å². The predicted molar refractivity (Wildman–Crippen MR) is 107 cm³/mol. The Kier molecular flexibility index (Phi) is 4.33. The van der Waals surface area contributed by atoms with E-state index in [1.165, 1.54) is 6.20 Å². The maximum absolute atomic E-state index is 13.1. The number of aromatic nitrogens is 4. The molecule has 1 aromatic carbocycles. The lowest BCUT2D eigenvalue weighted by Crippen LogP contribution is -2.36. The summed E-state index contributed by atoms with van der Waals surface area (Å²) in [6.45, 7) is 8.51. The minimum atomic E-state index is -0.393. The monoisotopic (exact) mass is 379 g/mol. The molecule has 1 unspecified atom stereocenters. The van der Waals surface area contributed by atoms with E-state index >= 15 is 0 Å². The number of fused-ring (bicyclic) bond motifs is 1. The van der Waals surface area contributed by atoms with Crippen LogP contribution in [-0.2, 0) is 5.41 Å². The molecule has 0 saturated carbocycles. The highest BCUT2D eigenvalue weighted by atomic mass is 16.2. The molecule has 1 amide bonds. The van der Waals surface area contributed by atoms with E-state index in [0.717, 1.165) is 35.3 Å². The zero-order valence-electron chi connectivity index (χ0n) is 16.7. The largest absolute Gasteiger partial charge is 0.340 e. The first-order chi connectivity index (χ1) is 13.3. The fourth-order valence-electron chi connectivity index (χ4n) is 3.73. The number of amides is 1. The van der Waals surface area contributed by atoms with Gasteiger partial charge in [0.25, 0.3) is 11.5 Å². The molecular formula is C21H25N5O2. The summed E-state index contributed by atoms with van der Waals surface area (Å²) in [7, 11) is 0. The molecule has 4 rings (SSSR count). The van der Waals surface area contributed by atoms with Crippen molar-refractivity contribution in [2.24, 2.45) is 0 Å². The highest BCUT2D eigenvalue weighted by Crippen LogP contribution is 2.32. The van der Waals surface area contributed by atoms with Crippen LogP contribution in [0.5, 0.6) is 0 Å². The Morgan fingerprint density at radius 1 is 1.25 bits per heavy atom. The number of likely N-dealkylation sites (tertiary alicyclic amines) is 1. The van der Waals surface area contributed by atoms with Gasteiger partial charge in [0.05, 0.1) is 17.1 Å². The second-order valence-electron chi connectivity index (χ2n) is 8.47. The van der Waals surface area contributed by atoms with Crippen LogP contribution in [-0.4, -0.2) is 37.3 Å². The molecule has 2 aromatic heterocycles. The van der Waals surface area contributed by atoms with Crippen LogP contribution in [0.25, 0.3) is 11.0 Å². The van der Waals surface area contributed by atoms with Crippen LogP contribution in [0, 0.1) is 6.92 Å². The summed E-state index contributed by atoms with van der Waals surface area (Å²) in [6.07, 6.45) is 3.09. The molecule has 0 spiro atoms. The van der Waals surface area contributed by atoms with E-state index in [-0.39, 0.29) is 22.9 Å². The summed E-state index contributed by atoms with van der Waals surface area (Å²) in [4.78, 5) is 42.6. The molecular weight excluding hydrogens is 354 g/mol. The zero-order chi connectivity index (χ0) is 20.1. The van der Waals surface area contributed by atoms with E-state index in [2.05, 4.69) is 15.0 Å². The summed E-state index contributed by atoms with van der Waals surface area (Å²) in [5.41, 5.74) is 2.37. The second kappa shape index (κ2) is 6.58. The minimum absolute atomic E-state index is 0.0761. The summed E-state index contributed by atoms with van der Waals surface area (Å²) in [5, 5.41) is 0. The van der Waals surface area contributed by atoms with Gasteiger partial charge < -0.3 is 14.9 Å². The number of rotatable bonds is 2. The van der Waals surface area contributed by atoms with Gasteiger partial charge in [-0.25, -0.2) is 9.97 Å². The number of aryl methyl sites for hydroxylation is 1. The lowest BCUT2D eigenvalue weighted by Gasteiger charge is -2.23. The smallest absolute Gasteiger partial charge is 0.263 e. The highest BCUT2D eigenvalue weighted by Gasteiger charge is 2.34. The van der Waals surface area contributed by atoms with E-state index in [0.29, 0.717) is 12.4 Å². The normalized spacial score (nSPS) is 17.4. The van der Waals surface area contributed by atoms with Gasteiger partial charge in [-0.15, -0.1) is 0 Å². The lowest BCUT2D eigenvalue weighted by atomic mass is 9.96. The van der Waals surface area contributed by atoms with Gasteiger partial charge in [-0.1, -0.05) is 32.9 Å². The Morgan fingerprint density at radius 2 is 2.04 bits per heavy atom. The maximum atomic E-state index is 13.1. The van der Waals surface area contributed by atoms with Crippen molar-refractivity contribution in [1.82, 2.24) is 24.8 Å². The quantitative estimate of drug-likeness (QED) is 0.715. The molecule has 0 radical (unpaired) electrons. The summed E-state index contributed by atoms with van der Waals surface area (Å²) < 4.78 is 0. The number of hydrogen-bond acceptors (Lipinski definition) is 4. The van der Waals surface area contributed by atoms with Crippen molar-refractivity contribution in [3.05, 3.63) is 57.5 Å². The van der Waals surface area contributed by atoms with Crippen molar-refractivity contribution < 1.29 is 4.79 Å². The number of carbonyl (C=O) groups is 1. The van der Waals surface area contributed by atoms with Crippen LogP contribution in [0.3, 0.4) is 0 Å². The van der Waals surface area contributed by atoms with Crippen LogP contribution in [0.2, 0.25) is 0 Å². The first-order valence-electron chi connectivity index (χ1n) is 9.61. The third-order valence-electron chi connectivity index (χ3n) is 5.30. The molecule has 3 aromatic rings. The van der Waals surface area contributed by atoms with Crippen molar-refractivity contribution in [2.45, 2.75) is 52.0 Å². The molecule has 1 aliphatic rings. The Bertz CT molecular complexity index is 1110. The molecule has 1 aliphatic heterocycles. The first kappa shape index (κ1) is 18.4. The van der Waals surface area contributed by atoms with Crippen molar-refractivity contribution in [3.8, 4) is 0 Å². The van der Waals surface area contributed by atoms with E-state index in [9.17, 15) is 9.59 Å².